The van der Waals surface area contributed by atoms with Crippen LogP contribution in [-0.4, -0.2) is 41.0 Å². The van der Waals surface area contributed by atoms with Crippen LogP contribution in [0.25, 0.3) is 0 Å². The minimum atomic E-state index is -0.940. The van der Waals surface area contributed by atoms with E-state index in [9.17, 15) is 19.1 Å². The summed E-state index contributed by atoms with van der Waals surface area (Å²) in [7, 11) is 1.64. The summed E-state index contributed by atoms with van der Waals surface area (Å²) in [4.78, 5) is 25.8. The maximum Gasteiger partial charge on any atom is 0.233 e. The summed E-state index contributed by atoms with van der Waals surface area (Å²) in [6, 6.07) is 5.69. The molecule has 6 heteroatoms. The third-order valence-corrected chi connectivity index (χ3v) is 5.30. The molecule has 2 fully saturated rings. The average Bonchev–Trinajstić information content (AvgIpc) is 3.23. The summed E-state index contributed by atoms with van der Waals surface area (Å²) in [5, 5.41) is 10.3. The van der Waals surface area contributed by atoms with E-state index in [-0.39, 0.29) is 11.7 Å². The second-order valence-electron chi connectivity index (χ2n) is 6.65. The first-order valence-electron chi connectivity index (χ1n) is 7.87. The Bertz CT molecular complexity index is 644. The van der Waals surface area contributed by atoms with Crippen molar-refractivity contribution in [3.05, 3.63) is 35.6 Å². The van der Waals surface area contributed by atoms with Crippen LogP contribution in [0.3, 0.4) is 0 Å². The minimum absolute atomic E-state index is 0.128. The number of carbonyl (C=O) groups excluding carboxylic acids is 2. The molecular weight excluding hydrogens is 299 g/mol. The van der Waals surface area contributed by atoms with Crippen molar-refractivity contribution in [2.24, 2.45) is 11.7 Å². The molecular formula is C17H21FN2O3. The number of amides is 2. The fraction of sp³-hybridized carbons (Fsp3) is 0.529. The topological polar surface area (TPSA) is 83.6 Å². The Morgan fingerprint density at radius 1 is 1.35 bits per heavy atom. The summed E-state index contributed by atoms with van der Waals surface area (Å²) in [5.74, 6) is -1.64. The summed E-state index contributed by atoms with van der Waals surface area (Å²) in [5.41, 5.74) is 5.27. The van der Waals surface area contributed by atoms with Crippen LogP contribution >= 0.6 is 0 Å². The van der Waals surface area contributed by atoms with E-state index in [1.807, 2.05) is 0 Å². The third kappa shape index (κ3) is 2.61. The summed E-state index contributed by atoms with van der Waals surface area (Å²) >= 11 is 0. The second kappa shape index (κ2) is 5.60. The first kappa shape index (κ1) is 15.9. The highest BCUT2D eigenvalue weighted by Crippen LogP contribution is 2.50. The molecule has 0 spiro atoms. The molecule has 0 unspecified atom stereocenters. The zero-order valence-corrected chi connectivity index (χ0v) is 13.0. The van der Waals surface area contributed by atoms with Gasteiger partial charge in [0.05, 0.1) is 23.5 Å². The zero-order valence-electron chi connectivity index (χ0n) is 13.0. The van der Waals surface area contributed by atoms with Crippen molar-refractivity contribution in [1.82, 2.24) is 4.90 Å². The number of halogens is 1. The Kier molecular flexibility index (Phi) is 3.88. The molecule has 0 radical (unpaired) electrons. The molecule has 0 aromatic heterocycles. The summed E-state index contributed by atoms with van der Waals surface area (Å²) in [6.45, 7) is 0. The fourth-order valence-electron chi connectivity index (χ4n) is 3.72. The van der Waals surface area contributed by atoms with E-state index in [1.165, 1.54) is 17.0 Å². The highest BCUT2D eigenvalue weighted by molar-refractivity contribution is 5.91. The van der Waals surface area contributed by atoms with Gasteiger partial charge in [0.2, 0.25) is 11.8 Å². The van der Waals surface area contributed by atoms with Gasteiger partial charge in [-0.1, -0.05) is 12.1 Å². The van der Waals surface area contributed by atoms with Crippen molar-refractivity contribution in [3.8, 4) is 0 Å². The van der Waals surface area contributed by atoms with Gasteiger partial charge in [-0.05, 0) is 43.4 Å². The third-order valence-electron chi connectivity index (χ3n) is 5.30. The van der Waals surface area contributed by atoms with Gasteiger partial charge in [0, 0.05) is 7.05 Å². The van der Waals surface area contributed by atoms with Gasteiger partial charge >= 0.3 is 0 Å². The van der Waals surface area contributed by atoms with Gasteiger partial charge in [0.25, 0.3) is 0 Å². The number of carbonyl (C=O) groups is 2. The van der Waals surface area contributed by atoms with Gasteiger partial charge in [0.15, 0.2) is 0 Å². The summed E-state index contributed by atoms with van der Waals surface area (Å²) in [6.07, 6.45) is 1.41. The van der Waals surface area contributed by atoms with Gasteiger partial charge in [-0.2, -0.15) is 0 Å². The number of likely N-dealkylation sites (N-methyl/N-ethyl adjacent to an activating group) is 1. The molecule has 1 aromatic carbocycles. The van der Waals surface area contributed by atoms with Crippen molar-refractivity contribution in [3.63, 3.8) is 0 Å². The van der Waals surface area contributed by atoms with Crippen molar-refractivity contribution in [2.75, 3.05) is 7.05 Å². The first-order chi connectivity index (χ1) is 10.9. The molecule has 3 rings (SSSR count). The molecule has 1 aromatic rings. The number of benzene rings is 1. The van der Waals surface area contributed by atoms with Crippen LogP contribution in [0.1, 0.15) is 31.2 Å². The number of aliphatic hydroxyl groups is 1. The van der Waals surface area contributed by atoms with Crippen molar-refractivity contribution >= 4 is 11.8 Å². The van der Waals surface area contributed by atoms with E-state index >= 15 is 0 Å². The van der Waals surface area contributed by atoms with Crippen LogP contribution in [0.2, 0.25) is 0 Å². The lowest BCUT2D eigenvalue weighted by atomic mass is 9.93. The van der Waals surface area contributed by atoms with Gasteiger partial charge in [0.1, 0.15) is 5.82 Å². The van der Waals surface area contributed by atoms with Gasteiger partial charge in [-0.15, -0.1) is 0 Å². The van der Waals surface area contributed by atoms with E-state index in [1.54, 1.807) is 19.2 Å². The molecule has 124 valence electrons. The molecule has 3 atom stereocenters. The number of nitrogens with two attached hydrogens (primary N) is 1. The number of primary amides is 1. The lowest BCUT2D eigenvalue weighted by Gasteiger charge is -2.31. The summed E-state index contributed by atoms with van der Waals surface area (Å²) < 4.78 is 13.5. The monoisotopic (exact) mass is 320 g/mol. The highest BCUT2D eigenvalue weighted by Gasteiger charge is 2.54. The fourth-order valence-corrected chi connectivity index (χ4v) is 3.72. The number of aliphatic hydroxyl groups excluding tert-OH is 1. The van der Waals surface area contributed by atoms with E-state index in [0.29, 0.717) is 31.2 Å². The maximum atomic E-state index is 13.5. The number of hydrogen-bond donors (Lipinski definition) is 2. The molecule has 2 aliphatic rings. The molecule has 23 heavy (non-hydrogen) atoms. The van der Waals surface area contributed by atoms with Gasteiger partial charge in [-0.3, -0.25) is 9.59 Å². The van der Waals surface area contributed by atoms with E-state index in [0.717, 1.165) is 0 Å². The van der Waals surface area contributed by atoms with Crippen molar-refractivity contribution in [1.29, 1.82) is 0 Å². The molecule has 0 bridgehead atoms. The van der Waals surface area contributed by atoms with Gasteiger partial charge < -0.3 is 15.7 Å². The molecule has 5 nitrogen and oxygen atoms in total. The Balaban J connectivity index is 1.79. The van der Waals surface area contributed by atoms with Crippen LogP contribution in [0.5, 0.6) is 0 Å². The quantitative estimate of drug-likeness (QED) is 0.866. The molecule has 3 N–H and O–H groups in total. The van der Waals surface area contributed by atoms with Crippen molar-refractivity contribution in [2.45, 2.75) is 43.2 Å². The lowest BCUT2D eigenvalue weighted by molar-refractivity contribution is -0.138. The average molecular weight is 320 g/mol. The second-order valence-corrected chi connectivity index (χ2v) is 6.65. The normalized spacial score (nSPS) is 28.4. The number of nitrogens with zero attached hydrogens (tertiary/aromatic N) is 1. The van der Waals surface area contributed by atoms with Crippen LogP contribution in [0, 0.1) is 11.7 Å². The molecule has 0 aliphatic heterocycles. The molecule has 0 heterocycles. The Morgan fingerprint density at radius 2 is 2.04 bits per heavy atom. The molecule has 2 amide bonds. The van der Waals surface area contributed by atoms with E-state index < -0.39 is 29.4 Å². The smallest absolute Gasteiger partial charge is 0.233 e. The standard InChI is InChI=1S/C17H21FN2O3/c1-20(13-6-5-12(14(13)21)15(19)22)16(23)17(7-8-17)10-3-2-4-11(18)9-10/h2-4,9,12-14,21H,5-8H2,1H3,(H2,19,22)/t12-,13-,14+/m1/s1. The van der Waals surface area contributed by atoms with E-state index in [4.69, 9.17) is 5.73 Å². The predicted octanol–water partition coefficient (Wildman–Crippen LogP) is 0.940. The molecule has 2 saturated carbocycles. The minimum Gasteiger partial charge on any atom is -0.390 e. The zero-order chi connectivity index (χ0) is 16.8. The Morgan fingerprint density at radius 3 is 2.57 bits per heavy atom. The highest BCUT2D eigenvalue weighted by atomic mass is 19.1. The predicted molar refractivity (Wildman–Crippen MR) is 81.8 cm³/mol. The largest absolute Gasteiger partial charge is 0.390 e. The lowest BCUT2D eigenvalue weighted by Crippen LogP contribution is -2.48. The molecule has 2 aliphatic carbocycles. The first-order valence-corrected chi connectivity index (χ1v) is 7.87. The van der Waals surface area contributed by atoms with Crippen LogP contribution < -0.4 is 5.73 Å². The van der Waals surface area contributed by atoms with Crippen molar-refractivity contribution < 1.29 is 19.1 Å². The van der Waals surface area contributed by atoms with E-state index in [2.05, 4.69) is 0 Å². The van der Waals surface area contributed by atoms with Crippen LogP contribution in [-0.2, 0) is 15.0 Å². The van der Waals surface area contributed by atoms with Crippen LogP contribution in [0.15, 0.2) is 24.3 Å². The van der Waals surface area contributed by atoms with Gasteiger partial charge in [-0.25, -0.2) is 4.39 Å². The maximum absolute atomic E-state index is 13.5. The van der Waals surface area contributed by atoms with Crippen LogP contribution in [0.4, 0.5) is 4.39 Å². The Hall–Kier alpha value is -1.95. The Labute approximate surface area is 134 Å². The number of hydrogen-bond acceptors (Lipinski definition) is 3. The number of rotatable bonds is 4. The SMILES string of the molecule is CN(C(=O)C1(c2cccc(F)c2)CC1)[C@@H]1CC[C@@H](C(N)=O)[C@@H]1O. The molecule has 0 saturated heterocycles.